The molecule has 0 bridgehead atoms. The van der Waals surface area contributed by atoms with Crippen molar-refractivity contribution in [1.29, 1.82) is 0 Å². The molecule has 0 saturated carbocycles. The Morgan fingerprint density at radius 3 is 2.48 bits per heavy atom. The van der Waals surface area contributed by atoms with E-state index in [1.807, 2.05) is 0 Å². The summed E-state index contributed by atoms with van der Waals surface area (Å²) >= 11 is 0. The van der Waals surface area contributed by atoms with E-state index in [0.717, 1.165) is 58.6 Å². The van der Waals surface area contributed by atoms with Gasteiger partial charge < -0.3 is 19.3 Å². The summed E-state index contributed by atoms with van der Waals surface area (Å²) in [7, 11) is 0. The predicted molar refractivity (Wildman–Crippen MR) is 93.5 cm³/mol. The first-order valence-electron chi connectivity index (χ1n) is 9.46. The third-order valence-corrected chi connectivity index (χ3v) is 5.21. The quantitative estimate of drug-likeness (QED) is 0.794. The number of ether oxygens (including phenoxy) is 3. The number of hydrogen-bond donors (Lipinski definition) is 1. The first-order valence-corrected chi connectivity index (χ1v) is 9.46. The van der Waals surface area contributed by atoms with Crippen LogP contribution >= 0.6 is 0 Å². The fourth-order valence-electron chi connectivity index (χ4n) is 3.82. The fourth-order valence-corrected chi connectivity index (χ4v) is 3.82. The van der Waals surface area contributed by atoms with Crippen LogP contribution in [0.4, 0.5) is 13.2 Å². The second-order valence-corrected chi connectivity index (χ2v) is 7.36. The Balaban J connectivity index is 0.000000298. The molecule has 1 N–H and O–H groups in total. The third-order valence-electron chi connectivity index (χ3n) is 5.21. The Kier molecular flexibility index (Phi) is 6.91. The molecule has 0 radical (unpaired) electrons. The number of aromatic nitrogens is 2. The topological polar surface area (TPSA) is 94.0 Å². The number of hydrogen-bond acceptors (Lipinski definition) is 7. The maximum absolute atomic E-state index is 10.6. The van der Waals surface area contributed by atoms with Crippen molar-refractivity contribution in [2.45, 2.75) is 49.6 Å². The van der Waals surface area contributed by atoms with Crippen molar-refractivity contribution in [3.8, 4) is 5.88 Å². The van der Waals surface area contributed by atoms with Crippen molar-refractivity contribution < 1.29 is 37.3 Å². The van der Waals surface area contributed by atoms with Crippen molar-refractivity contribution in [2.24, 2.45) is 0 Å². The van der Waals surface area contributed by atoms with Crippen LogP contribution in [0.3, 0.4) is 0 Å². The minimum Gasteiger partial charge on any atom is -0.475 e. The monoisotopic (exact) mass is 419 g/mol. The average molecular weight is 419 g/mol. The molecule has 1 aromatic rings. The molecule has 3 aliphatic heterocycles. The van der Waals surface area contributed by atoms with Crippen LogP contribution < -0.4 is 4.74 Å². The van der Waals surface area contributed by atoms with E-state index in [1.54, 1.807) is 18.6 Å². The Morgan fingerprint density at radius 1 is 1.21 bits per heavy atom. The molecular formula is C18H24F3N3O5. The minimum absolute atomic E-state index is 0.0105. The highest BCUT2D eigenvalue weighted by molar-refractivity contribution is 5.73. The lowest BCUT2D eigenvalue weighted by Crippen LogP contribution is -2.68. The van der Waals surface area contributed by atoms with Gasteiger partial charge in [0.15, 0.2) is 0 Å². The number of aliphatic carboxylic acids is 1. The van der Waals surface area contributed by atoms with Gasteiger partial charge in [0.2, 0.25) is 5.88 Å². The molecule has 11 heteroatoms. The summed E-state index contributed by atoms with van der Waals surface area (Å²) in [6.07, 6.45) is 4.28. The van der Waals surface area contributed by atoms with Crippen LogP contribution in [0.25, 0.3) is 0 Å². The molecule has 1 atom stereocenters. The number of carboxylic acids is 1. The second-order valence-electron chi connectivity index (χ2n) is 7.36. The van der Waals surface area contributed by atoms with Gasteiger partial charge in [-0.05, 0) is 12.8 Å². The highest BCUT2D eigenvalue weighted by Gasteiger charge is 2.50. The van der Waals surface area contributed by atoms with Crippen molar-refractivity contribution in [3.63, 3.8) is 0 Å². The lowest BCUT2D eigenvalue weighted by Gasteiger charge is -2.55. The smallest absolute Gasteiger partial charge is 0.475 e. The number of rotatable bonds is 3. The normalized spacial score (nSPS) is 24.9. The van der Waals surface area contributed by atoms with Gasteiger partial charge in [-0.1, -0.05) is 0 Å². The van der Waals surface area contributed by atoms with E-state index in [4.69, 9.17) is 24.1 Å². The summed E-state index contributed by atoms with van der Waals surface area (Å²) in [5, 5.41) is 7.12. The summed E-state index contributed by atoms with van der Waals surface area (Å²) < 4.78 is 49.3. The lowest BCUT2D eigenvalue weighted by molar-refractivity contribution is -0.200. The molecule has 29 heavy (non-hydrogen) atoms. The molecule has 1 unspecified atom stereocenters. The van der Waals surface area contributed by atoms with E-state index in [0.29, 0.717) is 11.9 Å². The van der Waals surface area contributed by atoms with Gasteiger partial charge in [-0.25, -0.2) is 9.78 Å². The van der Waals surface area contributed by atoms with Crippen LogP contribution in [0.2, 0.25) is 0 Å². The molecule has 162 valence electrons. The first-order chi connectivity index (χ1) is 13.8. The molecule has 0 aromatic carbocycles. The zero-order valence-electron chi connectivity index (χ0n) is 15.8. The molecule has 1 aromatic heterocycles. The van der Waals surface area contributed by atoms with E-state index < -0.39 is 12.1 Å². The van der Waals surface area contributed by atoms with Gasteiger partial charge in [-0.15, -0.1) is 0 Å². The number of halogens is 3. The van der Waals surface area contributed by atoms with Gasteiger partial charge in [0.05, 0.1) is 18.4 Å². The molecule has 4 rings (SSSR count). The summed E-state index contributed by atoms with van der Waals surface area (Å²) in [5.41, 5.74) is -0.0105. The van der Waals surface area contributed by atoms with E-state index in [1.165, 1.54) is 0 Å². The van der Waals surface area contributed by atoms with Crippen molar-refractivity contribution >= 4 is 5.97 Å². The third kappa shape index (κ3) is 6.00. The number of alkyl halides is 3. The number of likely N-dealkylation sites (tertiary alicyclic amines) is 1. The average Bonchev–Trinajstić information content (AvgIpc) is 2.67. The molecule has 0 amide bonds. The maximum atomic E-state index is 10.6. The summed E-state index contributed by atoms with van der Waals surface area (Å²) in [6, 6.07) is 0.671. The number of nitrogens with zero attached hydrogens (tertiary/aromatic N) is 3. The van der Waals surface area contributed by atoms with Gasteiger partial charge in [-0.2, -0.15) is 13.2 Å². The largest absolute Gasteiger partial charge is 0.490 e. The van der Waals surface area contributed by atoms with Gasteiger partial charge >= 0.3 is 12.1 Å². The lowest BCUT2D eigenvalue weighted by atomic mass is 9.83. The van der Waals surface area contributed by atoms with E-state index in [2.05, 4.69) is 14.9 Å². The zero-order chi connectivity index (χ0) is 20.9. The standard InChI is InChI=1S/C16H23N3O3.C2HF3O2/c1-6-20-7-2-13(1)19-11-16(12-19)9-14(3-8-21-16)22-15-10-17-4-5-18-15;3-2(4,5)1(6)7/h4-5,10,13-14H,1-3,6-9,11-12H2;(H,6,7). The van der Waals surface area contributed by atoms with Gasteiger partial charge in [0.1, 0.15) is 6.10 Å². The summed E-state index contributed by atoms with van der Waals surface area (Å²) in [6.45, 7) is 4.61. The zero-order valence-corrected chi connectivity index (χ0v) is 15.8. The van der Waals surface area contributed by atoms with Crippen molar-refractivity contribution in [3.05, 3.63) is 18.6 Å². The molecule has 4 heterocycles. The molecule has 8 nitrogen and oxygen atoms in total. The van der Waals surface area contributed by atoms with Gasteiger partial charge in [-0.3, -0.25) is 9.88 Å². The number of carboxylic acid groups (broad SMARTS) is 1. The van der Waals surface area contributed by atoms with Gasteiger partial charge in [0.25, 0.3) is 0 Å². The summed E-state index contributed by atoms with van der Waals surface area (Å²) in [4.78, 5) is 19.7. The fraction of sp³-hybridized carbons (Fsp3) is 0.722. The Bertz CT molecular complexity index is 664. The molecule has 1 spiro atoms. The van der Waals surface area contributed by atoms with Crippen molar-refractivity contribution in [2.75, 3.05) is 32.9 Å². The Morgan fingerprint density at radius 2 is 1.90 bits per heavy atom. The van der Waals surface area contributed by atoms with Crippen LogP contribution in [0.15, 0.2) is 18.6 Å². The van der Waals surface area contributed by atoms with Gasteiger partial charge in [0, 0.05) is 57.6 Å². The SMILES string of the molecule is O=C(O)C(F)(F)F.c1cnc(OC2CCOC3(C2)CN(C2CCOCC2)C3)cn1. The molecule has 0 aliphatic carbocycles. The molecule has 3 saturated heterocycles. The van der Waals surface area contributed by atoms with Crippen LogP contribution in [0.5, 0.6) is 5.88 Å². The Hall–Kier alpha value is -1.98. The van der Waals surface area contributed by atoms with Crippen LogP contribution in [0.1, 0.15) is 25.7 Å². The highest BCUT2D eigenvalue weighted by atomic mass is 19.4. The first kappa shape index (κ1) is 21.7. The van der Waals surface area contributed by atoms with E-state index >= 15 is 0 Å². The molecular weight excluding hydrogens is 395 g/mol. The maximum Gasteiger partial charge on any atom is 0.490 e. The van der Waals surface area contributed by atoms with Crippen LogP contribution in [-0.4, -0.2) is 82.8 Å². The van der Waals surface area contributed by atoms with Crippen molar-refractivity contribution in [1.82, 2.24) is 14.9 Å². The summed E-state index contributed by atoms with van der Waals surface area (Å²) in [5.74, 6) is -2.14. The molecule has 3 aliphatic rings. The number of carbonyl (C=O) groups is 1. The van der Waals surface area contributed by atoms with Crippen LogP contribution in [0, 0.1) is 0 Å². The van der Waals surface area contributed by atoms with E-state index in [-0.39, 0.29) is 11.7 Å². The highest BCUT2D eigenvalue weighted by Crippen LogP contribution is 2.37. The Labute approximate surface area is 166 Å². The van der Waals surface area contributed by atoms with E-state index in [9.17, 15) is 13.2 Å². The minimum atomic E-state index is -5.08. The van der Waals surface area contributed by atoms with Crippen LogP contribution in [-0.2, 0) is 14.3 Å². The second kappa shape index (κ2) is 9.23. The molecule has 3 fully saturated rings. The predicted octanol–water partition coefficient (Wildman–Crippen LogP) is 1.90.